The highest BCUT2D eigenvalue weighted by atomic mass is 32.2. The summed E-state index contributed by atoms with van der Waals surface area (Å²) in [6, 6.07) is 16.5. The minimum Gasteiger partial charge on any atom is -0.497 e. The van der Waals surface area contributed by atoms with Crippen molar-refractivity contribution in [1.82, 2.24) is 4.31 Å². The maximum atomic E-state index is 12.2. The van der Waals surface area contributed by atoms with E-state index in [1.165, 1.54) is 11.4 Å². The summed E-state index contributed by atoms with van der Waals surface area (Å²) in [5, 5.41) is 2.69. The Labute approximate surface area is 148 Å². The van der Waals surface area contributed by atoms with Crippen molar-refractivity contribution in [3.63, 3.8) is 0 Å². The number of sulfonamides is 1. The van der Waals surface area contributed by atoms with E-state index in [2.05, 4.69) is 5.32 Å². The van der Waals surface area contributed by atoms with Crippen molar-refractivity contribution in [2.24, 2.45) is 0 Å². The number of amides is 1. The molecule has 7 heteroatoms. The van der Waals surface area contributed by atoms with Crippen molar-refractivity contribution in [3.05, 3.63) is 60.2 Å². The summed E-state index contributed by atoms with van der Waals surface area (Å²) < 4.78 is 30.2. The first-order chi connectivity index (χ1) is 11.9. The van der Waals surface area contributed by atoms with Crippen LogP contribution in [-0.4, -0.2) is 45.1 Å². The third-order valence-corrected chi connectivity index (χ3v) is 4.88. The van der Waals surface area contributed by atoms with Gasteiger partial charge in [0.05, 0.1) is 19.9 Å². The highest BCUT2D eigenvalue weighted by Crippen LogP contribution is 2.16. The molecule has 0 saturated carbocycles. The zero-order valence-electron chi connectivity index (χ0n) is 14.3. The van der Waals surface area contributed by atoms with Gasteiger partial charge in [0.15, 0.2) is 0 Å². The van der Waals surface area contributed by atoms with Gasteiger partial charge in [0.25, 0.3) is 0 Å². The first-order valence-electron chi connectivity index (χ1n) is 7.81. The van der Waals surface area contributed by atoms with Gasteiger partial charge in [0.2, 0.25) is 15.9 Å². The van der Waals surface area contributed by atoms with Gasteiger partial charge in [-0.3, -0.25) is 4.79 Å². The molecule has 1 amide bonds. The van der Waals surface area contributed by atoms with Gasteiger partial charge in [0, 0.05) is 18.3 Å². The number of benzene rings is 2. The molecule has 6 nitrogen and oxygen atoms in total. The smallest absolute Gasteiger partial charge is 0.239 e. The predicted octanol–water partition coefficient (Wildman–Crippen LogP) is 2.14. The second-order valence-electron chi connectivity index (χ2n) is 5.61. The minimum atomic E-state index is -3.49. The van der Waals surface area contributed by atoms with Gasteiger partial charge in [-0.05, 0) is 24.1 Å². The highest BCUT2D eigenvalue weighted by molar-refractivity contribution is 7.88. The van der Waals surface area contributed by atoms with Crippen LogP contribution < -0.4 is 10.1 Å². The number of hydrogen-bond acceptors (Lipinski definition) is 4. The van der Waals surface area contributed by atoms with Crippen LogP contribution in [0.2, 0.25) is 0 Å². The van der Waals surface area contributed by atoms with E-state index in [9.17, 15) is 13.2 Å². The lowest BCUT2D eigenvalue weighted by atomic mass is 10.1. The van der Waals surface area contributed by atoms with Crippen LogP contribution in [0.15, 0.2) is 54.6 Å². The molecule has 0 saturated heterocycles. The molecule has 0 fully saturated rings. The molecule has 2 aromatic rings. The van der Waals surface area contributed by atoms with Gasteiger partial charge in [-0.15, -0.1) is 0 Å². The van der Waals surface area contributed by atoms with Crippen molar-refractivity contribution in [3.8, 4) is 5.75 Å². The zero-order valence-corrected chi connectivity index (χ0v) is 15.1. The Kier molecular flexibility index (Phi) is 6.55. The molecule has 0 aliphatic carbocycles. The van der Waals surface area contributed by atoms with Crippen LogP contribution in [0.1, 0.15) is 5.56 Å². The lowest BCUT2D eigenvalue weighted by Gasteiger charge is -2.19. The first-order valence-corrected chi connectivity index (χ1v) is 9.66. The molecular formula is C18H22N2O4S. The average Bonchev–Trinajstić information content (AvgIpc) is 2.58. The second kappa shape index (κ2) is 8.64. The minimum absolute atomic E-state index is 0.233. The Morgan fingerprint density at radius 2 is 1.84 bits per heavy atom. The van der Waals surface area contributed by atoms with E-state index in [1.54, 1.807) is 24.3 Å². The molecule has 1 N–H and O–H groups in total. The van der Waals surface area contributed by atoms with Gasteiger partial charge >= 0.3 is 0 Å². The van der Waals surface area contributed by atoms with Crippen LogP contribution in [0, 0.1) is 0 Å². The van der Waals surface area contributed by atoms with Gasteiger partial charge in [-0.25, -0.2) is 8.42 Å². The summed E-state index contributed by atoms with van der Waals surface area (Å²) in [6.45, 7) is 0.0112. The Hall–Kier alpha value is -2.38. The van der Waals surface area contributed by atoms with Gasteiger partial charge in [-0.2, -0.15) is 4.31 Å². The van der Waals surface area contributed by atoms with E-state index in [-0.39, 0.29) is 13.1 Å². The number of hydrogen-bond donors (Lipinski definition) is 1. The van der Waals surface area contributed by atoms with Gasteiger partial charge in [-0.1, -0.05) is 36.4 Å². The molecule has 0 aromatic heterocycles. The van der Waals surface area contributed by atoms with E-state index in [0.29, 0.717) is 17.9 Å². The number of rotatable bonds is 8. The van der Waals surface area contributed by atoms with Gasteiger partial charge in [0.1, 0.15) is 5.75 Å². The fraction of sp³-hybridized carbons (Fsp3) is 0.278. The largest absolute Gasteiger partial charge is 0.497 e. The molecule has 0 bridgehead atoms. The number of carbonyl (C=O) groups is 1. The van der Waals surface area contributed by atoms with Crippen LogP contribution in [-0.2, 0) is 21.2 Å². The number of nitrogens with one attached hydrogen (secondary N) is 1. The molecule has 2 rings (SSSR count). The van der Waals surface area contributed by atoms with Crippen LogP contribution in [0.25, 0.3) is 0 Å². The van der Waals surface area contributed by atoms with E-state index in [0.717, 1.165) is 11.8 Å². The molecule has 134 valence electrons. The van der Waals surface area contributed by atoms with Gasteiger partial charge < -0.3 is 10.1 Å². The normalized spacial score (nSPS) is 11.3. The van der Waals surface area contributed by atoms with Crippen LogP contribution in [0.4, 0.5) is 5.69 Å². The Bertz CT molecular complexity index is 807. The SMILES string of the molecule is COc1cccc(NC(=O)CN(CCc2ccccc2)S(C)(=O)=O)c1. The third-order valence-electron chi connectivity index (χ3n) is 3.64. The molecule has 0 aliphatic heterocycles. The number of anilines is 1. The monoisotopic (exact) mass is 362 g/mol. The summed E-state index contributed by atoms with van der Waals surface area (Å²) in [5.41, 5.74) is 1.57. The van der Waals surface area contributed by atoms with Crippen LogP contribution >= 0.6 is 0 Å². The molecule has 0 atom stereocenters. The van der Waals surface area contributed by atoms with E-state index < -0.39 is 15.9 Å². The fourth-order valence-corrected chi connectivity index (χ4v) is 3.10. The van der Waals surface area contributed by atoms with Crippen LogP contribution in [0.3, 0.4) is 0 Å². The number of methoxy groups -OCH3 is 1. The van der Waals surface area contributed by atoms with E-state index in [1.807, 2.05) is 30.3 Å². The van der Waals surface area contributed by atoms with Crippen molar-refractivity contribution in [2.75, 3.05) is 31.8 Å². The summed E-state index contributed by atoms with van der Waals surface area (Å²) in [5.74, 6) is 0.216. The second-order valence-corrected chi connectivity index (χ2v) is 7.59. The number of nitrogens with zero attached hydrogens (tertiary/aromatic N) is 1. The number of carbonyl (C=O) groups excluding carboxylic acids is 1. The number of ether oxygens (including phenoxy) is 1. The standard InChI is InChI=1S/C18H22N2O4S/c1-24-17-10-6-9-16(13-17)19-18(21)14-20(25(2,22)23)12-11-15-7-4-3-5-8-15/h3-10,13H,11-12,14H2,1-2H3,(H,19,21). The van der Waals surface area contributed by atoms with Crippen molar-refractivity contribution >= 4 is 21.6 Å². The summed E-state index contributed by atoms with van der Waals surface area (Å²) in [6.07, 6.45) is 1.65. The van der Waals surface area contributed by atoms with E-state index in [4.69, 9.17) is 4.74 Å². The average molecular weight is 362 g/mol. The Morgan fingerprint density at radius 3 is 2.48 bits per heavy atom. The molecule has 0 spiro atoms. The molecule has 0 unspecified atom stereocenters. The highest BCUT2D eigenvalue weighted by Gasteiger charge is 2.20. The topological polar surface area (TPSA) is 75.7 Å². The molecule has 25 heavy (non-hydrogen) atoms. The Morgan fingerprint density at radius 1 is 1.12 bits per heavy atom. The third kappa shape index (κ3) is 6.21. The lowest BCUT2D eigenvalue weighted by molar-refractivity contribution is -0.116. The zero-order chi connectivity index (χ0) is 18.3. The molecule has 0 heterocycles. The maximum absolute atomic E-state index is 12.2. The van der Waals surface area contributed by atoms with Crippen LogP contribution in [0.5, 0.6) is 5.75 Å². The quantitative estimate of drug-likeness (QED) is 0.781. The molecule has 2 aromatic carbocycles. The summed E-state index contributed by atoms with van der Waals surface area (Å²) >= 11 is 0. The summed E-state index contributed by atoms with van der Waals surface area (Å²) in [7, 11) is -1.95. The maximum Gasteiger partial charge on any atom is 0.239 e. The molecule has 0 radical (unpaired) electrons. The van der Waals surface area contributed by atoms with E-state index >= 15 is 0 Å². The van der Waals surface area contributed by atoms with Crippen molar-refractivity contribution in [1.29, 1.82) is 0 Å². The molecular weight excluding hydrogens is 340 g/mol. The first kappa shape index (κ1) is 19.0. The van der Waals surface area contributed by atoms with Crippen molar-refractivity contribution in [2.45, 2.75) is 6.42 Å². The molecule has 0 aliphatic rings. The predicted molar refractivity (Wildman–Crippen MR) is 98.2 cm³/mol. The lowest BCUT2D eigenvalue weighted by Crippen LogP contribution is -2.38. The fourth-order valence-electron chi connectivity index (χ4n) is 2.32. The van der Waals surface area contributed by atoms with Crippen molar-refractivity contribution < 1.29 is 17.9 Å². The summed E-state index contributed by atoms with van der Waals surface area (Å²) in [4.78, 5) is 12.2. The Balaban J connectivity index is 1.99.